The van der Waals surface area contributed by atoms with Crippen LogP contribution in [0.15, 0.2) is 39.5 Å². The highest BCUT2D eigenvalue weighted by Gasteiger charge is 2.40. The van der Waals surface area contributed by atoms with Gasteiger partial charge < -0.3 is 14.4 Å². The molecular weight excluding hydrogens is 246 g/mol. The van der Waals surface area contributed by atoms with Gasteiger partial charge in [-0.2, -0.15) is 0 Å². The predicted molar refractivity (Wildman–Crippen MR) is 69.0 cm³/mol. The number of β-amino-alcohol motifs (C(OH)–C–C–N with tert-alkyl or cyclic N) is 1. The lowest BCUT2D eigenvalue weighted by atomic mass is 9.96. The van der Waals surface area contributed by atoms with Crippen LogP contribution in [0, 0.1) is 0 Å². The van der Waals surface area contributed by atoms with Crippen LogP contribution >= 0.6 is 0 Å². The number of hydrogen-bond acceptors (Lipinski definition) is 4. The SMILES string of the molecule is CC1(O)CN(C(=O)c2cc3ccccc3oc2=O)C1. The minimum absolute atomic E-state index is 0.00852. The zero-order valence-electron chi connectivity index (χ0n) is 10.4. The van der Waals surface area contributed by atoms with Crippen molar-refractivity contribution in [2.24, 2.45) is 0 Å². The molecule has 19 heavy (non-hydrogen) atoms. The molecule has 3 rings (SSSR count). The molecule has 0 bridgehead atoms. The third-order valence-corrected chi connectivity index (χ3v) is 3.22. The summed E-state index contributed by atoms with van der Waals surface area (Å²) < 4.78 is 5.12. The van der Waals surface area contributed by atoms with Gasteiger partial charge in [-0.1, -0.05) is 18.2 Å². The van der Waals surface area contributed by atoms with Crippen LogP contribution in [0.5, 0.6) is 0 Å². The van der Waals surface area contributed by atoms with E-state index in [-0.39, 0.29) is 18.7 Å². The van der Waals surface area contributed by atoms with Crippen LogP contribution in [0.3, 0.4) is 0 Å². The van der Waals surface area contributed by atoms with Crippen molar-refractivity contribution in [1.29, 1.82) is 0 Å². The fraction of sp³-hybridized carbons (Fsp3) is 0.286. The molecule has 1 aliphatic rings. The number of benzene rings is 1. The van der Waals surface area contributed by atoms with E-state index in [0.29, 0.717) is 11.0 Å². The lowest BCUT2D eigenvalue weighted by molar-refractivity contribution is -0.0670. The average Bonchev–Trinajstić information content (AvgIpc) is 2.34. The zero-order valence-corrected chi connectivity index (χ0v) is 10.4. The zero-order chi connectivity index (χ0) is 13.6. The summed E-state index contributed by atoms with van der Waals surface area (Å²) in [6.45, 7) is 2.12. The molecule has 0 aliphatic carbocycles. The summed E-state index contributed by atoms with van der Waals surface area (Å²) in [7, 11) is 0. The maximum absolute atomic E-state index is 12.1. The van der Waals surface area contributed by atoms with E-state index in [4.69, 9.17) is 4.42 Å². The molecule has 1 saturated heterocycles. The van der Waals surface area contributed by atoms with Gasteiger partial charge in [0, 0.05) is 5.39 Å². The van der Waals surface area contributed by atoms with Crippen LogP contribution in [0.2, 0.25) is 0 Å². The molecule has 5 heteroatoms. The Hall–Kier alpha value is -2.14. The first-order valence-corrected chi connectivity index (χ1v) is 6.01. The van der Waals surface area contributed by atoms with E-state index in [1.165, 1.54) is 11.0 Å². The number of hydrogen-bond donors (Lipinski definition) is 1. The Morgan fingerprint density at radius 1 is 1.37 bits per heavy atom. The number of nitrogens with zero attached hydrogens (tertiary/aromatic N) is 1. The maximum atomic E-state index is 12.1. The number of aliphatic hydroxyl groups is 1. The van der Waals surface area contributed by atoms with Gasteiger partial charge in [-0.3, -0.25) is 4.79 Å². The van der Waals surface area contributed by atoms with Gasteiger partial charge in [0.1, 0.15) is 11.1 Å². The molecule has 0 radical (unpaired) electrons. The molecule has 1 aromatic carbocycles. The predicted octanol–water partition coefficient (Wildman–Crippen LogP) is 1.000. The molecule has 0 spiro atoms. The lowest BCUT2D eigenvalue weighted by Gasteiger charge is -2.43. The second-order valence-corrected chi connectivity index (χ2v) is 5.14. The molecule has 1 aliphatic heterocycles. The summed E-state index contributed by atoms with van der Waals surface area (Å²) in [5.41, 5.74) is -1.03. The van der Waals surface area contributed by atoms with Crippen molar-refractivity contribution < 1.29 is 14.3 Å². The van der Waals surface area contributed by atoms with Crippen LogP contribution < -0.4 is 5.63 Å². The molecule has 1 aromatic heterocycles. The third kappa shape index (κ3) is 2.02. The molecule has 2 aromatic rings. The first kappa shape index (κ1) is 11.9. The topological polar surface area (TPSA) is 70.8 Å². The second-order valence-electron chi connectivity index (χ2n) is 5.14. The molecule has 0 saturated carbocycles. The van der Waals surface area contributed by atoms with E-state index >= 15 is 0 Å². The Morgan fingerprint density at radius 2 is 2.05 bits per heavy atom. The summed E-state index contributed by atoms with van der Waals surface area (Å²) >= 11 is 0. The number of rotatable bonds is 1. The number of carbonyl (C=O) groups is 1. The number of amides is 1. The van der Waals surface area contributed by atoms with Crippen molar-refractivity contribution in [3.8, 4) is 0 Å². The Bertz CT molecular complexity index is 709. The van der Waals surface area contributed by atoms with Gasteiger partial charge in [0.25, 0.3) is 5.91 Å². The molecule has 1 amide bonds. The van der Waals surface area contributed by atoms with Gasteiger partial charge in [-0.25, -0.2) is 4.79 Å². The molecule has 0 unspecified atom stereocenters. The quantitative estimate of drug-likeness (QED) is 0.776. The van der Waals surface area contributed by atoms with Gasteiger partial charge in [0.05, 0.1) is 18.7 Å². The molecule has 0 atom stereocenters. The summed E-state index contributed by atoms with van der Waals surface area (Å²) in [5, 5.41) is 10.3. The van der Waals surface area contributed by atoms with Gasteiger partial charge >= 0.3 is 5.63 Å². The summed E-state index contributed by atoms with van der Waals surface area (Å²) in [6.07, 6.45) is 0. The van der Waals surface area contributed by atoms with Gasteiger partial charge in [0.15, 0.2) is 0 Å². The first-order valence-electron chi connectivity index (χ1n) is 6.01. The van der Waals surface area contributed by atoms with Crippen LogP contribution in [0.4, 0.5) is 0 Å². The Kier molecular flexibility index (Phi) is 2.46. The Balaban J connectivity index is 1.99. The molecule has 2 heterocycles. The van der Waals surface area contributed by atoms with E-state index < -0.39 is 17.1 Å². The molecule has 5 nitrogen and oxygen atoms in total. The van der Waals surface area contributed by atoms with E-state index in [2.05, 4.69) is 0 Å². The molecule has 1 fully saturated rings. The fourth-order valence-electron chi connectivity index (χ4n) is 2.30. The molecular formula is C14H13NO4. The highest BCUT2D eigenvalue weighted by Crippen LogP contribution is 2.22. The molecule has 98 valence electrons. The van der Waals surface area contributed by atoms with E-state index in [9.17, 15) is 14.7 Å². The average molecular weight is 259 g/mol. The second kappa shape index (κ2) is 3.93. The van der Waals surface area contributed by atoms with E-state index in [1.54, 1.807) is 25.1 Å². The summed E-state index contributed by atoms with van der Waals surface area (Å²) in [4.78, 5) is 25.4. The van der Waals surface area contributed by atoms with E-state index in [0.717, 1.165) is 0 Å². The van der Waals surface area contributed by atoms with Gasteiger partial charge in [-0.05, 0) is 19.1 Å². The Morgan fingerprint density at radius 3 is 2.74 bits per heavy atom. The van der Waals surface area contributed by atoms with Crippen LogP contribution in [0.1, 0.15) is 17.3 Å². The Labute approximate surface area is 109 Å². The van der Waals surface area contributed by atoms with Crippen molar-refractivity contribution in [2.45, 2.75) is 12.5 Å². The minimum Gasteiger partial charge on any atom is -0.422 e. The summed E-state index contributed by atoms with van der Waals surface area (Å²) in [5.74, 6) is -0.397. The van der Waals surface area contributed by atoms with Gasteiger partial charge in [0.2, 0.25) is 0 Å². The normalized spacial score (nSPS) is 17.3. The highest BCUT2D eigenvalue weighted by molar-refractivity contribution is 5.97. The number of fused-ring (bicyclic) bond motifs is 1. The van der Waals surface area contributed by atoms with Crippen LogP contribution in [-0.2, 0) is 0 Å². The smallest absolute Gasteiger partial charge is 0.349 e. The van der Waals surface area contributed by atoms with Crippen LogP contribution in [0.25, 0.3) is 11.0 Å². The minimum atomic E-state index is -0.854. The van der Waals surface area contributed by atoms with Crippen LogP contribution in [-0.4, -0.2) is 34.6 Å². The monoisotopic (exact) mass is 259 g/mol. The van der Waals surface area contributed by atoms with Crippen molar-refractivity contribution in [2.75, 3.05) is 13.1 Å². The molecule has 1 N–H and O–H groups in total. The number of carbonyl (C=O) groups excluding carboxylic acids is 1. The van der Waals surface area contributed by atoms with Crippen molar-refractivity contribution in [3.63, 3.8) is 0 Å². The first-order chi connectivity index (χ1) is 8.96. The lowest BCUT2D eigenvalue weighted by Crippen LogP contribution is -2.62. The van der Waals surface area contributed by atoms with Crippen molar-refractivity contribution in [3.05, 3.63) is 46.3 Å². The van der Waals surface area contributed by atoms with Gasteiger partial charge in [-0.15, -0.1) is 0 Å². The maximum Gasteiger partial charge on any atom is 0.349 e. The third-order valence-electron chi connectivity index (χ3n) is 3.22. The fourth-order valence-corrected chi connectivity index (χ4v) is 2.30. The number of para-hydroxylation sites is 1. The summed E-state index contributed by atoms with van der Waals surface area (Å²) in [6, 6.07) is 8.57. The van der Waals surface area contributed by atoms with Crippen molar-refractivity contribution in [1.82, 2.24) is 4.90 Å². The largest absolute Gasteiger partial charge is 0.422 e. The van der Waals surface area contributed by atoms with Crippen molar-refractivity contribution >= 4 is 16.9 Å². The highest BCUT2D eigenvalue weighted by atomic mass is 16.4. The standard InChI is InChI=1S/C14H13NO4/c1-14(18)7-15(8-14)12(16)10-6-9-4-2-3-5-11(9)19-13(10)17/h2-6,18H,7-8H2,1H3. The number of likely N-dealkylation sites (tertiary alicyclic amines) is 1. The van der Waals surface area contributed by atoms with E-state index in [1.807, 2.05) is 6.07 Å².